The molecular weight excluding hydrogens is 511 g/mol. The molecule has 0 aliphatic rings. The molecule has 5 aromatic carbocycles. The Balaban J connectivity index is 1.32. The van der Waals surface area contributed by atoms with Gasteiger partial charge in [0.1, 0.15) is 0 Å². The molecule has 1 aromatic heterocycles. The van der Waals surface area contributed by atoms with Crippen molar-refractivity contribution in [1.82, 2.24) is 15.0 Å². The molecule has 0 amide bonds. The summed E-state index contributed by atoms with van der Waals surface area (Å²) in [7, 11) is -2.73. The van der Waals surface area contributed by atoms with Gasteiger partial charge in [0.05, 0.1) is 0 Å². The minimum atomic E-state index is -2.73. The summed E-state index contributed by atoms with van der Waals surface area (Å²) in [6, 6.07) is 34.9. The second kappa shape index (κ2) is 10.7. The first-order valence-electron chi connectivity index (χ1n) is 12.1. The van der Waals surface area contributed by atoms with Gasteiger partial charge in [0.15, 0.2) is 5.75 Å². The fourth-order valence-corrected chi connectivity index (χ4v) is 4.46. The van der Waals surface area contributed by atoms with Crippen molar-refractivity contribution in [2.45, 2.75) is 0 Å². The van der Waals surface area contributed by atoms with Crippen molar-refractivity contribution < 1.29 is 14.0 Å². The summed E-state index contributed by atoms with van der Waals surface area (Å²) >= 11 is 0. The Morgan fingerprint density at radius 3 is 1.41 bits per heavy atom. The van der Waals surface area contributed by atoms with E-state index in [1.807, 2.05) is 72.8 Å². The Hall–Kier alpha value is -5.11. The molecule has 4 N–H and O–H groups in total. The van der Waals surface area contributed by atoms with Crippen molar-refractivity contribution >= 4 is 64.7 Å². The first kappa shape index (κ1) is 24.2. The molecule has 1 atom stereocenters. The van der Waals surface area contributed by atoms with Gasteiger partial charge in [0.2, 0.25) is 17.8 Å². The molecule has 1 unspecified atom stereocenters. The molecule has 9 nitrogen and oxygen atoms in total. The molecule has 6 rings (SSSR count). The number of aromatic nitrogens is 3. The van der Waals surface area contributed by atoms with Crippen LogP contribution in [0.4, 0.5) is 34.9 Å². The van der Waals surface area contributed by atoms with E-state index in [1.54, 1.807) is 24.3 Å². The molecule has 6 aromatic rings. The molecule has 0 aliphatic heterocycles. The van der Waals surface area contributed by atoms with Crippen LogP contribution in [0.25, 0.3) is 21.5 Å². The summed E-state index contributed by atoms with van der Waals surface area (Å²) in [4.78, 5) is 22.7. The first-order valence-corrected chi connectivity index (χ1v) is 13.2. The van der Waals surface area contributed by atoms with Crippen molar-refractivity contribution in [2.75, 3.05) is 16.0 Å². The van der Waals surface area contributed by atoms with E-state index >= 15 is 0 Å². The van der Waals surface area contributed by atoms with Crippen molar-refractivity contribution in [1.29, 1.82) is 0 Å². The van der Waals surface area contributed by atoms with Gasteiger partial charge >= 0.3 is 8.25 Å². The molecule has 0 spiro atoms. The quantitative estimate of drug-likeness (QED) is 0.148. The van der Waals surface area contributed by atoms with Gasteiger partial charge in [-0.15, -0.1) is 4.89 Å². The lowest BCUT2D eigenvalue weighted by Gasteiger charge is -2.12. The van der Waals surface area contributed by atoms with Crippen molar-refractivity contribution in [3.05, 3.63) is 109 Å². The Bertz CT molecular complexity index is 1710. The highest BCUT2D eigenvalue weighted by Gasteiger charge is 2.14. The van der Waals surface area contributed by atoms with Crippen LogP contribution in [-0.4, -0.2) is 19.8 Å². The third-order valence-electron chi connectivity index (χ3n) is 5.94. The summed E-state index contributed by atoms with van der Waals surface area (Å²) in [5.41, 5.74) is 2.33. The van der Waals surface area contributed by atoms with Gasteiger partial charge in [-0.3, -0.25) is 0 Å². The topological polar surface area (TPSA) is 121 Å². The fraction of sp³-hybridized carbons (Fsp3) is 0. The highest BCUT2D eigenvalue weighted by molar-refractivity contribution is 7.32. The second-order valence-corrected chi connectivity index (χ2v) is 9.32. The minimum absolute atomic E-state index is 0.275. The molecule has 0 radical (unpaired) electrons. The molecule has 10 heteroatoms. The molecule has 190 valence electrons. The maximum absolute atomic E-state index is 10.9. The van der Waals surface area contributed by atoms with Crippen LogP contribution in [0, 0.1) is 0 Å². The molecule has 0 bridgehead atoms. The molecule has 0 saturated carbocycles. The standard InChI is InChI=1S/C29H21N6O3P/c36-39(37)38-26-15-13-23(14-16-26)30-27-33-28(31-24-11-9-19-5-1-3-7-21(19)17-24)35-29(34-27)32-25-12-10-20-6-2-4-8-22(20)18-25/h1-18H,(H3-,30,31,32,33,34,35,36,37)/p+1. The lowest BCUT2D eigenvalue weighted by molar-refractivity contribution is 0.410. The molecule has 1 heterocycles. The van der Waals surface area contributed by atoms with Gasteiger partial charge in [-0.2, -0.15) is 15.0 Å². The molecular formula is C29H22N6O3P+. The summed E-state index contributed by atoms with van der Waals surface area (Å²) in [6.45, 7) is 0. The number of hydrogen-bond acceptors (Lipinski definition) is 8. The Morgan fingerprint density at radius 1 is 0.538 bits per heavy atom. The third kappa shape index (κ3) is 5.91. The van der Waals surface area contributed by atoms with E-state index in [0.29, 0.717) is 23.5 Å². The number of benzene rings is 5. The summed E-state index contributed by atoms with van der Waals surface area (Å²) < 4.78 is 15.8. The molecule has 39 heavy (non-hydrogen) atoms. The maximum Gasteiger partial charge on any atom is 0.747 e. The monoisotopic (exact) mass is 533 g/mol. The maximum atomic E-state index is 10.9. The van der Waals surface area contributed by atoms with Crippen LogP contribution in [0.5, 0.6) is 5.75 Å². The van der Waals surface area contributed by atoms with Crippen LogP contribution in [0.15, 0.2) is 109 Å². The molecule has 0 fully saturated rings. The second-order valence-electron chi connectivity index (χ2n) is 8.66. The fourth-order valence-electron chi connectivity index (χ4n) is 4.15. The first-order chi connectivity index (χ1) is 19.1. The number of nitrogens with zero attached hydrogens (tertiary/aromatic N) is 3. The number of nitrogens with one attached hydrogen (secondary N) is 3. The summed E-state index contributed by atoms with van der Waals surface area (Å²) in [5, 5.41) is 14.2. The van der Waals surface area contributed by atoms with Crippen molar-refractivity contribution in [3.8, 4) is 5.75 Å². The van der Waals surface area contributed by atoms with Crippen LogP contribution >= 0.6 is 8.25 Å². The van der Waals surface area contributed by atoms with Gasteiger partial charge in [-0.05, 0) is 70.1 Å². The van der Waals surface area contributed by atoms with Gasteiger partial charge in [-0.25, -0.2) is 4.52 Å². The van der Waals surface area contributed by atoms with Gasteiger partial charge in [0.25, 0.3) is 0 Å². The predicted molar refractivity (Wildman–Crippen MR) is 154 cm³/mol. The third-order valence-corrected chi connectivity index (χ3v) is 6.31. The zero-order valence-corrected chi connectivity index (χ0v) is 21.3. The van der Waals surface area contributed by atoms with E-state index in [-0.39, 0.29) is 5.75 Å². The van der Waals surface area contributed by atoms with Gasteiger partial charge in [-0.1, -0.05) is 60.7 Å². The van der Waals surface area contributed by atoms with Crippen LogP contribution in [0.2, 0.25) is 0 Å². The van der Waals surface area contributed by atoms with E-state index in [9.17, 15) is 4.57 Å². The average molecular weight is 534 g/mol. The van der Waals surface area contributed by atoms with Crippen molar-refractivity contribution in [3.63, 3.8) is 0 Å². The zero-order valence-electron chi connectivity index (χ0n) is 20.4. The minimum Gasteiger partial charge on any atom is -0.324 e. The smallest absolute Gasteiger partial charge is 0.324 e. The number of rotatable bonds is 8. The van der Waals surface area contributed by atoms with E-state index < -0.39 is 8.25 Å². The number of fused-ring (bicyclic) bond motifs is 2. The van der Waals surface area contributed by atoms with Crippen LogP contribution in [0.3, 0.4) is 0 Å². The van der Waals surface area contributed by atoms with E-state index in [0.717, 1.165) is 32.9 Å². The highest BCUT2D eigenvalue weighted by Crippen LogP contribution is 2.27. The predicted octanol–water partition coefficient (Wildman–Crippen LogP) is 7.44. The Labute approximate surface area is 224 Å². The van der Waals surface area contributed by atoms with E-state index in [2.05, 4.69) is 43.0 Å². The lowest BCUT2D eigenvalue weighted by Crippen LogP contribution is -2.07. The van der Waals surface area contributed by atoms with E-state index in [4.69, 9.17) is 9.42 Å². The summed E-state index contributed by atoms with van der Waals surface area (Å²) in [6.07, 6.45) is 0. The summed E-state index contributed by atoms with van der Waals surface area (Å²) in [5.74, 6) is 1.28. The lowest BCUT2D eigenvalue weighted by atomic mass is 10.1. The highest BCUT2D eigenvalue weighted by atomic mass is 31.1. The van der Waals surface area contributed by atoms with Crippen LogP contribution in [-0.2, 0) is 4.57 Å². The van der Waals surface area contributed by atoms with Crippen LogP contribution < -0.4 is 20.5 Å². The molecule has 0 aliphatic carbocycles. The largest absolute Gasteiger partial charge is 0.747 e. The molecule has 0 saturated heterocycles. The van der Waals surface area contributed by atoms with Gasteiger partial charge < -0.3 is 16.0 Å². The van der Waals surface area contributed by atoms with Gasteiger partial charge in [0, 0.05) is 21.6 Å². The number of hydrogen-bond donors (Lipinski definition) is 4. The Kier molecular flexibility index (Phi) is 6.66. The van der Waals surface area contributed by atoms with Crippen molar-refractivity contribution in [2.24, 2.45) is 0 Å². The average Bonchev–Trinajstić information content (AvgIpc) is 2.94. The van der Waals surface area contributed by atoms with Crippen LogP contribution in [0.1, 0.15) is 0 Å². The SMILES string of the molecule is O=[P+](O)Oc1ccc(Nc2nc(Nc3ccc4ccccc4c3)nc(Nc3ccc4ccccc4c3)n2)cc1. The van der Waals surface area contributed by atoms with E-state index in [1.165, 1.54) is 0 Å². The Morgan fingerprint density at radius 2 is 0.949 bits per heavy atom. The normalized spacial score (nSPS) is 11.3. The zero-order chi connectivity index (χ0) is 26.6. The number of anilines is 6.